The largest absolute Gasteiger partial charge is 0.494 e. The molecule has 0 fully saturated rings. The van der Waals surface area contributed by atoms with Crippen molar-refractivity contribution in [2.45, 2.75) is 6.04 Å². The van der Waals surface area contributed by atoms with E-state index in [4.69, 9.17) is 15.6 Å². The number of aliphatic carboxylic acids is 1. The Hall–Kier alpha value is -2.72. The molecule has 1 atom stereocenters. The highest BCUT2D eigenvalue weighted by Gasteiger charge is 2.17. The average Bonchev–Trinajstić information content (AvgIpc) is 2.55. The van der Waals surface area contributed by atoms with Crippen molar-refractivity contribution in [2.75, 3.05) is 26.0 Å². The minimum Gasteiger partial charge on any atom is -0.494 e. The average molecular weight is 331 g/mol. The molecule has 1 rings (SSSR count). The first-order chi connectivity index (χ1) is 10.9. The fourth-order valence-corrected chi connectivity index (χ4v) is 1.44. The highest BCUT2D eigenvalue weighted by molar-refractivity contribution is 5.95. The summed E-state index contributed by atoms with van der Waals surface area (Å²) in [5.74, 6) is -2.10. The van der Waals surface area contributed by atoms with Crippen molar-refractivity contribution in [2.24, 2.45) is 5.73 Å². The Morgan fingerprint density at radius 3 is 2.52 bits per heavy atom. The molecule has 0 saturated carbocycles. The van der Waals surface area contributed by atoms with Gasteiger partial charge in [-0.05, 0) is 19.2 Å². The second-order valence-electron chi connectivity index (χ2n) is 4.02. The maximum atomic E-state index is 11.7. The molecule has 0 spiro atoms. The van der Waals surface area contributed by atoms with Gasteiger partial charge in [-0.3, -0.25) is 9.59 Å². The molecular weight excluding hydrogens is 313 g/mol. The van der Waals surface area contributed by atoms with Crippen LogP contribution in [0.1, 0.15) is 10.4 Å². The number of hydrogen-bond acceptors (Lipinski definition) is 7. The summed E-state index contributed by atoms with van der Waals surface area (Å²) < 4.78 is 16.6. The Labute approximate surface area is 131 Å². The Kier molecular flexibility index (Phi) is 9.64. The summed E-state index contributed by atoms with van der Waals surface area (Å²) in [6.45, 7) is 0.315. The molecule has 10 heteroatoms. The lowest BCUT2D eigenvalue weighted by Gasteiger charge is -2.09. The zero-order valence-electron chi connectivity index (χ0n) is 12.5. The summed E-state index contributed by atoms with van der Waals surface area (Å²) in [6.07, 6.45) is 0.419. The van der Waals surface area contributed by atoms with Gasteiger partial charge in [0.25, 0.3) is 0 Å². The number of para-hydroxylation sites is 1. The van der Waals surface area contributed by atoms with Crippen LogP contribution in [0.25, 0.3) is 0 Å². The summed E-state index contributed by atoms with van der Waals surface area (Å²) in [6, 6.07) is 3.50. The van der Waals surface area contributed by atoms with Gasteiger partial charge in [0, 0.05) is 11.1 Å². The highest BCUT2D eigenvalue weighted by atomic mass is 19.3. The first-order valence-electron chi connectivity index (χ1n) is 6.25. The minimum absolute atomic E-state index is 0.0484. The van der Waals surface area contributed by atoms with Crippen LogP contribution in [-0.2, 0) is 14.5 Å². The van der Waals surface area contributed by atoms with Crippen LogP contribution in [0.15, 0.2) is 18.2 Å². The highest BCUT2D eigenvalue weighted by Crippen LogP contribution is 2.28. The van der Waals surface area contributed by atoms with Gasteiger partial charge in [-0.1, -0.05) is 6.07 Å². The van der Waals surface area contributed by atoms with Crippen molar-refractivity contribution in [3.8, 4) is 5.75 Å². The van der Waals surface area contributed by atoms with Crippen molar-refractivity contribution in [3.05, 3.63) is 23.8 Å². The molecule has 0 bridgehead atoms. The summed E-state index contributed by atoms with van der Waals surface area (Å²) >= 11 is 0. The van der Waals surface area contributed by atoms with Crippen molar-refractivity contribution in [1.82, 2.24) is 5.32 Å². The molecule has 0 aliphatic heterocycles. The quantitative estimate of drug-likeness (QED) is 0.509. The normalized spacial score (nSPS) is 10.6. The fourth-order valence-electron chi connectivity index (χ4n) is 1.44. The van der Waals surface area contributed by atoms with E-state index < -0.39 is 18.0 Å². The second-order valence-corrected chi connectivity index (χ2v) is 4.02. The van der Waals surface area contributed by atoms with Crippen LogP contribution in [0.2, 0.25) is 0 Å². The van der Waals surface area contributed by atoms with Gasteiger partial charge in [-0.15, -0.1) is 0 Å². The number of carbonyl (C=O) groups excluding carboxylic acids is 2. The van der Waals surface area contributed by atoms with E-state index in [0.29, 0.717) is 13.0 Å². The van der Waals surface area contributed by atoms with Crippen LogP contribution in [0.3, 0.4) is 0 Å². The Bertz CT molecular complexity index is 540. The van der Waals surface area contributed by atoms with Crippen LogP contribution in [0.4, 0.5) is 10.2 Å². The third kappa shape index (κ3) is 6.72. The number of hydrogen-bond donors (Lipinski definition) is 4. The molecule has 1 aromatic carbocycles. The summed E-state index contributed by atoms with van der Waals surface area (Å²) in [4.78, 5) is 34.2. The Balaban J connectivity index is 0.000000515. The second kappa shape index (κ2) is 10.9. The Morgan fingerprint density at radius 2 is 2.13 bits per heavy atom. The molecule has 1 aromatic rings. The lowest BCUT2D eigenvalue weighted by atomic mass is 10.1. The van der Waals surface area contributed by atoms with E-state index in [1.165, 1.54) is 25.3 Å². The molecule has 0 heterocycles. The number of amides is 1. The number of ether oxygens (including phenoxy) is 1. The standard InChI is InChI=1S/C9H8FNO4.C4H10N2O2/c1-14-8-6(9(13)15-10)3-2-4-7(8)11-5-12;1-6-2-3(5)4(7)8/h2-5H,1H3,(H,11,12);3,6H,2,5H2,1H3,(H,7,8)/t;3-/m.0/s1. The predicted octanol–water partition coefficient (Wildman–Crippen LogP) is -0.0775. The van der Waals surface area contributed by atoms with Gasteiger partial charge in [-0.2, -0.15) is 0 Å². The lowest BCUT2D eigenvalue weighted by molar-refractivity contribution is -0.138. The fraction of sp³-hybridized carbons (Fsp3) is 0.308. The van der Waals surface area contributed by atoms with E-state index in [0.717, 1.165) is 0 Å². The van der Waals surface area contributed by atoms with Crippen LogP contribution >= 0.6 is 0 Å². The van der Waals surface area contributed by atoms with Crippen LogP contribution in [-0.4, -0.2) is 50.2 Å². The van der Waals surface area contributed by atoms with Gasteiger partial charge in [0.1, 0.15) is 11.6 Å². The minimum atomic E-state index is -1.18. The predicted molar refractivity (Wildman–Crippen MR) is 78.7 cm³/mol. The molecule has 1 amide bonds. The monoisotopic (exact) mass is 331 g/mol. The molecular formula is C13H18FN3O6. The first kappa shape index (κ1) is 20.3. The van der Waals surface area contributed by atoms with E-state index in [9.17, 15) is 18.9 Å². The topological polar surface area (TPSA) is 140 Å². The maximum Gasteiger partial charge on any atom is 0.383 e. The zero-order valence-corrected chi connectivity index (χ0v) is 12.5. The number of likely N-dealkylation sites (N-methyl/N-ethyl adjacent to an activating group) is 1. The van der Waals surface area contributed by atoms with Gasteiger partial charge in [0.2, 0.25) is 6.41 Å². The number of halogens is 1. The van der Waals surface area contributed by atoms with Crippen molar-refractivity contribution < 1.29 is 33.7 Å². The summed E-state index contributed by atoms with van der Waals surface area (Å²) in [5, 5.41) is 13.1. The van der Waals surface area contributed by atoms with Crippen LogP contribution < -0.4 is 21.1 Å². The molecule has 128 valence electrons. The number of nitrogens with one attached hydrogen (secondary N) is 2. The number of rotatable bonds is 7. The number of methoxy groups -OCH3 is 1. The molecule has 23 heavy (non-hydrogen) atoms. The molecule has 9 nitrogen and oxygen atoms in total. The van der Waals surface area contributed by atoms with Crippen LogP contribution in [0, 0.1) is 0 Å². The van der Waals surface area contributed by atoms with Crippen molar-refractivity contribution >= 4 is 24.0 Å². The lowest BCUT2D eigenvalue weighted by Crippen LogP contribution is -2.38. The molecule has 5 N–H and O–H groups in total. The number of carbonyl (C=O) groups is 3. The molecule has 0 radical (unpaired) electrons. The van der Waals surface area contributed by atoms with Gasteiger partial charge >= 0.3 is 11.9 Å². The molecule has 0 aliphatic carbocycles. The van der Waals surface area contributed by atoms with Crippen molar-refractivity contribution in [1.29, 1.82) is 0 Å². The van der Waals surface area contributed by atoms with E-state index in [2.05, 4.69) is 15.6 Å². The van der Waals surface area contributed by atoms with Gasteiger partial charge < -0.3 is 26.2 Å². The van der Waals surface area contributed by atoms with E-state index in [1.807, 2.05) is 0 Å². The van der Waals surface area contributed by atoms with Gasteiger partial charge in [0.15, 0.2) is 5.75 Å². The smallest absolute Gasteiger partial charge is 0.383 e. The third-order valence-electron chi connectivity index (χ3n) is 2.46. The number of nitrogens with two attached hydrogens (primary N) is 1. The van der Waals surface area contributed by atoms with Gasteiger partial charge in [0.05, 0.1) is 12.8 Å². The molecule has 0 aromatic heterocycles. The number of anilines is 1. The van der Waals surface area contributed by atoms with E-state index >= 15 is 0 Å². The summed E-state index contributed by atoms with van der Waals surface area (Å²) in [7, 11) is 2.95. The number of carboxylic acids is 1. The van der Waals surface area contributed by atoms with E-state index in [1.54, 1.807) is 7.05 Å². The molecule has 0 aliphatic rings. The van der Waals surface area contributed by atoms with E-state index in [-0.39, 0.29) is 17.0 Å². The SMILES string of the molecule is CNC[C@H](N)C(=O)O.COc1c(NC=O)cccc1C(=O)OF. The number of carboxylic acid groups (broad SMARTS) is 1. The zero-order chi connectivity index (χ0) is 17.8. The third-order valence-corrected chi connectivity index (χ3v) is 2.46. The maximum absolute atomic E-state index is 11.7. The number of benzene rings is 1. The molecule has 0 saturated heterocycles. The molecule has 0 unspecified atom stereocenters. The summed E-state index contributed by atoms with van der Waals surface area (Å²) in [5.41, 5.74) is 5.22. The first-order valence-corrected chi connectivity index (χ1v) is 6.25. The Morgan fingerprint density at radius 1 is 1.48 bits per heavy atom. The van der Waals surface area contributed by atoms with Crippen LogP contribution in [0.5, 0.6) is 5.75 Å². The van der Waals surface area contributed by atoms with Gasteiger partial charge in [-0.25, -0.2) is 9.74 Å². The van der Waals surface area contributed by atoms with Crippen molar-refractivity contribution in [3.63, 3.8) is 0 Å².